The number of para-hydroxylation sites is 2. The van der Waals surface area contributed by atoms with Gasteiger partial charge in [-0.05, 0) is 114 Å². The third-order valence-corrected chi connectivity index (χ3v) is 19.6. The van der Waals surface area contributed by atoms with E-state index in [1.54, 1.807) is 0 Å². The summed E-state index contributed by atoms with van der Waals surface area (Å²) < 4.78 is 0. The molecule has 2 nitrogen and oxygen atoms in total. The molecule has 11 rings (SSSR count). The minimum absolute atomic E-state index is 0.463. The second-order valence-corrected chi connectivity index (χ2v) is 23.1. The molecule has 0 aliphatic carbocycles. The molecule has 0 saturated carbocycles. The summed E-state index contributed by atoms with van der Waals surface area (Å²) in [6.07, 6.45) is -3.77. The van der Waals surface area contributed by atoms with E-state index in [4.69, 9.17) is 61.9 Å². The maximum absolute atomic E-state index is 5.73. The van der Waals surface area contributed by atoms with E-state index in [-0.39, 0.29) is 0 Å². The largest absolute Gasteiger partial charge is 0.311 e. The Labute approximate surface area is 464 Å². The smallest absolute Gasteiger partial charge is 0.184 e. The Morgan fingerprint density at radius 3 is 1.42 bits per heavy atom. The molecular weight excluding hydrogens is 915 g/mol. The van der Waals surface area contributed by atoms with Gasteiger partial charge >= 0.3 is 0 Å². The number of hydrogen-bond acceptors (Lipinski definition) is 2. The lowest BCUT2D eigenvalue weighted by molar-refractivity contribution is 1.26. The second-order valence-electron chi connectivity index (χ2n) is 19.4. The van der Waals surface area contributed by atoms with Crippen LogP contribution in [0.15, 0.2) is 255 Å². The molecule has 10 aromatic rings. The fourth-order valence-electron chi connectivity index (χ4n) is 11.3. The van der Waals surface area contributed by atoms with Gasteiger partial charge in [-0.15, -0.1) is 0 Å². The molecule has 1 aliphatic rings. The molecule has 0 N–H and O–H groups in total. The lowest BCUT2D eigenvalue weighted by Crippen LogP contribution is -2.77. The third kappa shape index (κ3) is 10.4. The third-order valence-electron chi connectivity index (χ3n) is 14.8. The average Bonchev–Trinajstić information content (AvgIpc) is 3.63. The van der Waals surface area contributed by atoms with Crippen LogP contribution in [0.25, 0.3) is 33.0 Å². The van der Waals surface area contributed by atoms with Crippen molar-refractivity contribution in [1.29, 1.82) is 0 Å². The molecule has 1 aliphatic heterocycles. The van der Waals surface area contributed by atoms with Gasteiger partial charge in [0.05, 0.1) is 0 Å². The molecule has 1 heterocycles. The predicted octanol–water partition coefficient (Wildman–Crippen LogP) is 7.09. The molecule has 0 aromatic heterocycles. The minimum Gasteiger partial charge on any atom is -0.311 e. The first kappa shape index (κ1) is 52.7. The number of rotatable bonds is 14. The van der Waals surface area contributed by atoms with Crippen LogP contribution in [0.2, 0.25) is 0 Å². The van der Waals surface area contributed by atoms with Crippen molar-refractivity contribution in [2.24, 2.45) is 0 Å². The van der Waals surface area contributed by atoms with Crippen LogP contribution >= 0.6 is 0 Å². The molecular formula is C58H42B15N2Si. The number of nitrogens with zero attached hydrogens (tertiary/aromatic N) is 2. The number of hydrogen-bond donors (Lipinski definition) is 0. The van der Waals surface area contributed by atoms with Crippen LogP contribution < -0.4 is 30.5 Å². The first-order chi connectivity index (χ1) is 37.1. The van der Waals surface area contributed by atoms with Gasteiger partial charge in [-0.25, -0.2) is 0 Å². The van der Waals surface area contributed by atoms with E-state index in [9.17, 15) is 0 Å². The Bertz CT molecular complexity index is 3460. The highest BCUT2D eigenvalue weighted by Crippen LogP contribution is 2.43. The topological polar surface area (TPSA) is 6.48 Å². The fraction of sp³-hybridized carbons (Fsp3) is 0. The van der Waals surface area contributed by atoms with Gasteiger partial charge in [-0.3, -0.25) is 0 Å². The van der Waals surface area contributed by atoms with E-state index in [0.717, 1.165) is 22.7 Å². The van der Waals surface area contributed by atoms with Crippen LogP contribution in [0.4, 0.5) is 34.1 Å². The molecule has 0 fully saturated rings. The maximum atomic E-state index is 5.73. The maximum Gasteiger partial charge on any atom is 0.184 e. The zero-order valence-electron chi connectivity index (χ0n) is 42.3. The highest BCUT2D eigenvalue weighted by Gasteiger charge is 2.49. The quantitative estimate of drug-likeness (QED) is 0.108. The summed E-state index contributed by atoms with van der Waals surface area (Å²) >= 11 is 0. The normalized spacial score (nSPS) is 11.9. The van der Waals surface area contributed by atoms with Gasteiger partial charge in [-0.1, -0.05) is 194 Å². The SMILES string of the molecule is [B][B]B([B])B(B([B])[B])B(B([B])[B])B([B])[B].c1ccc(-c2ccc(N(c3ccc(-c4cccc5ccccc45)cc3)c3ccc4c(c3)[Si](c3ccccc3)(c3ccccc3)c3ccccc3N4c3ccccc3)cc2)cc1. The summed E-state index contributed by atoms with van der Waals surface area (Å²) in [5, 5.41) is 7.94. The number of fused-ring (bicyclic) bond motifs is 3. The average molecular weight is 957 g/mol. The van der Waals surface area contributed by atoms with Crippen LogP contribution in [0.3, 0.4) is 0 Å². The van der Waals surface area contributed by atoms with Crippen molar-refractivity contribution in [2.75, 3.05) is 9.80 Å². The first-order valence-electron chi connectivity index (χ1n) is 25.7. The predicted molar refractivity (Wildman–Crippen MR) is 348 cm³/mol. The van der Waals surface area contributed by atoms with E-state index in [0.29, 0.717) is 0 Å². The van der Waals surface area contributed by atoms with Crippen molar-refractivity contribution in [3.05, 3.63) is 255 Å². The molecule has 10 aromatic carbocycles. The highest BCUT2D eigenvalue weighted by molar-refractivity contribution is 8.12. The van der Waals surface area contributed by atoms with Crippen LogP contribution in [-0.4, -0.2) is 115 Å². The molecule has 0 saturated heterocycles. The lowest BCUT2D eigenvalue weighted by Gasteiger charge is -2.45. The summed E-state index contributed by atoms with van der Waals surface area (Å²) in [4.78, 5) is 4.91. The van der Waals surface area contributed by atoms with Crippen LogP contribution in [0.5, 0.6) is 0 Å². The molecule has 0 atom stereocenters. The lowest BCUT2D eigenvalue weighted by atomic mass is 8.46. The molecule has 0 unspecified atom stereocenters. The van der Waals surface area contributed by atoms with E-state index in [1.807, 2.05) is 0 Å². The van der Waals surface area contributed by atoms with Crippen molar-refractivity contribution in [1.82, 2.24) is 0 Å². The summed E-state index contributed by atoms with van der Waals surface area (Å²) in [5.41, 5.74) is 11.7. The molecule has 18 heteroatoms. The Kier molecular flexibility index (Phi) is 16.4. The molecule has 333 valence electrons. The summed E-state index contributed by atoms with van der Waals surface area (Å²) in [7, 11) is 42.8. The zero-order valence-corrected chi connectivity index (χ0v) is 43.3. The standard InChI is InChI=1S/C58H42N2Si.B15/c1-5-18-43(19-6-1)44-32-36-48(37-33-44)59(49-38-34-46(35-39-49)54-29-17-21-45-20-13-14-28-53(45)54)50-40-41-56-58(42-50)61(51-24-9-3-10-25-51,52-26-11-4-12-27-52)57-31-16-15-30-55(57)60(56)47-22-7-2-8-23-47;1-9-13(8)15(12(6)7)14(10(2)3)11(4)5/h1-42H;. The van der Waals surface area contributed by atoms with Crippen molar-refractivity contribution in [3.8, 4) is 22.3 Å². The van der Waals surface area contributed by atoms with Gasteiger partial charge < -0.3 is 9.80 Å². The van der Waals surface area contributed by atoms with Crippen molar-refractivity contribution in [2.45, 2.75) is 0 Å². The summed E-state index contributed by atoms with van der Waals surface area (Å²) in [6, 6.07) is 93.7. The van der Waals surface area contributed by atoms with Gasteiger partial charge in [0.25, 0.3) is 0 Å². The molecule has 17 radical (unpaired) electrons. The highest BCUT2D eigenvalue weighted by atomic mass is 28.3. The summed E-state index contributed by atoms with van der Waals surface area (Å²) in [6.45, 7) is 0. The van der Waals surface area contributed by atoms with Crippen LogP contribution in [-0.2, 0) is 0 Å². The Hall–Kier alpha value is -6.75. The van der Waals surface area contributed by atoms with E-state index in [1.165, 1.54) is 72.2 Å². The van der Waals surface area contributed by atoms with Crippen LogP contribution in [0.1, 0.15) is 0 Å². The van der Waals surface area contributed by atoms with Gasteiger partial charge in [-0.2, -0.15) is 0 Å². The van der Waals surface area contributed by atoms with Crippen molar-refractivity contribution >= 4 is 181 Å². The second kappa shape index (κ2) is 23.6. The molecule has 76 heavy (non-hydrogen) atoms. The van der Waals surface area contributed by atoms with Gasteiger partial charge in [0.1, 0.15) is 0 Å². The Morgan fingerprint density at radius 2 is 0.842 bits per heavy atom. The van der Waals surface area contributed by atoms with E-state index < -0.39 is 46.4 Å². The molecule has 0 spiro atoms. The number of anilines is 6. The molecule has 0 bridgehead atoms. The van der Waals surface area contributed by atoms with E-state index in [2.05, 4.69) is 265 Å². The fourth-order valence-corrected chi connectivity index (χ4v) is 16.4. The van der Waals surface area contributed by atoms with Gasteiger partial charge in [0, 0.05) is 141 Å². The Morgan fingerprint density at radius 1 is 0.382 bits per heavy atom. The van der Waals surface area contributed by atoms with Crippen LogP contribution in [0, 0.1) is 0 Å². The monoisotopic (exact) mass is 959 g/mol. The minimum atomic E-state index is -2.93. The van der Waals surface area contributed by atoms with E-state index >= 15 is 0 Å². The summed E-state index contributed by atoms with van der Waals surface area (Å²) in [5.74, 6) is 0. The van der Waals surface area contributed by atoms with Crippen molar-refractivity contribution in [3.63, 3.8) is 0 Å². The van der Waals surface area contributed by atoms with Crippen molar-refractivity contribution < 1.29 is 0 Å². The first-order valence-corrected chi connectivity index (χ1v) is 27.7. The zero-order chi connectivity index (χ0) is 52.8. The van der Waals surface area contributed by atoms with Gasteiger partial charge in [0.15, 0.2) is 8.07 Å². The van der Waals surface area contributed by atoms with Gasteiger partial charge in [0.2, 0.25) is 0 Å². The molecule has 0 amide bonds. The Balaban J connectivity index is 0.000000383. The number of benzene rings is 10.